The molecule has 98 valence electrons. The zero-order valence-corrected chi connectivity index (χ0v) is 11.1. The Kier molecular flexibility index (Phi) is 4.13. The number of hydrogen-bond donors (Lipinski definition) is 0. The van der Waals surface area contributed by atoms with Gasteiger partial charge in [-0.1, -0.05) is 0 Å². The molecule has 0 spiro atoms. The molecule has 2 aromatic rings. The van der Waals surface area contributed by atoms with Crippen LogP contribution in [0.4, 0.5) is 0 Å². The highest BCUT2D eigenvalue weighted by molar-refractivity contribution is 6.31. The second-order valence-corrected chi connectivity index (χ2v) is 3.96. The molecule has 8 heteroatoms. The smallest absolute Gasteiger partial charge is 0.327 e. The molecule has 19 heavy (non-hydrogen) atoms. The summed E-state index contributed by atoms with van der Waals surface area (Å²) in [5.74, 6) is 0.684. The minimum absolute atomic E-state index is 0.0675. The second kappa shape index (κ2) is 5.81. The predicted octanol–water partition coefficient (Wildman–Crippen LogP) is 2.79. The molecule has 0 fully saturated rings. The molecule has 6 nitrogen and oxygen atoms in total. The van der Waals surface area contributed by atoms with Crippen molar-refractivity contribution >= 4 is 29.5 Å². The second-order valence-electron chi connectivity index (χ2n) is 3.29. The van der Waals surface area contributed by atoms with Crippen LogP contribution in [0.1, 0.15) is 10.4 Å². The molecule has 0 bridgehead atoms. The van der Waals surface area contributed by atoms with E-state index in [0.717, 1.165) is 0 Å². The number of hydrogen-bond acceptors (Lipinski definition) is 6. The minimum atomic E-state index is -0.0847. The summed E-state index contributed by atoms with van der Waals surface area (Å²) in [5, 5.41) is -0.169. The number of aromatic nitrogens is 3. The number of carbonyl (C=O) groups excluding carboxylic acids is 1. The molecule has 0 aliphatic carbocycles. The normalized spacial score (nSPS) is 10.1. The summed E-state index contributed by atoms with van der Waals surface area (Å²) < 4.78 is 10.5. The molecule has 1 heterocycles. The monoisotopic (exact) mass is 299 g/mol. The number of rotatable bonds is 4. The average molecular weight is 300 g/mol. The van der Waals surface area contributed by atoms with Gasteiger partial charge in [0.1, 0.15) is 6.29 Å². The standard InChI is InChI=1S/C11H7Cl2N3O3/c1-18-8-4-6(5-17)2-3-7(8)19-11-15-9(12)14-10(13)16-11/h2-5H,1H3. The first-order chi connectivity index (χ1) is 9.12. The summed E-state index contributed by atoms with van der Waals surface area (Å²) in [7, 11) is 1.45. The molecular formula is C11H7Cl2N3O3. The Morgan fingerprint density at radius 2 is 1.79 bits per heavy atom. The van der Waals surface area contributed by atoms with Crippen LogP contribution < -0.4 is 9.47 Å². The Hall–Kier alpha value is -1.92. The molecule has 0 amide bonds. The Morgan fingerprint density at radius 3 is 2.37 bits per heavy atom. The van der Waals surface area contributed by atoms with Crippen molar-refractivity contribution in [2.75, 3.05) is 7.11 Å². The third-order valence-corrected chi connectivity index (χ3v) is 2.42. The quantitative estimate of drug-likeness (QED) is 0.808. The lowest BCUT2D eigenvalue weighted by atomic mass is 10.2. The number of nitrogens with zero attached hydrogens (tertiary/aromatic N) is 3. The molecule has 1 aromatic heterocycles. The first kappa shape index (κ1) is 13.5. The number of methoxy groups -OCH3 is 1. The SMILES string of the molecule is COc1cc(C=O)ccc1Oc1nc(Cl)nc(Cl)n1. The molecule has 0 aliphatic heterocycles. The molecule has 1 aromatic carbocycles. The van der Waals surface area contributed by atoms with Crippen molar-refractivity contribution in [3.63, 3.8) is 0 Å². The lowest BCUT2D eigenvalue weighted by Gasteiger charge is -2.09. The van der Waals surface area contributed by atoms with Gasteiger partial charge in [-0.05, 0) is 41.4 Å². The van der Waals surface area contributed by atoms with Gasteiger partial charge in [0.2, 0.25) is 10.6 Å². The van der Waals surface area contributed by atoms with E-state index in [1.54, 1.807) is 12.1 Å². The van der Waals surface area contributed by atoms with Gasteiger partial charge in [0.05, 0.1) is 7.11 Å². The van der Waals surface area contributed by atoms with Gasteiger partial charge in [-0.3, -0.25) is 4.79 Å². The molecule has 0 radical (unpaired) electrons. The van der Waals surface area contributed by atoms with Crippen LogP contribution in [-0.4, -0.2) is 28.3 Å². The number of ether oxygens (including phenoxy) is 2. The minimum Gasteiger partial charge on any atom is -0.493 e. The summed E-state index contributed by atoms with van der Waals surface area (Å²) in [6, 6.07) is 4.57. The van der Waals surface area contributed by atoms with Crippen LogP contribution in [0.15, 0.2) is 18.2 Å². The Morgan fingerprint density at radius 1 is 1.11 bits per heavy atom. The van der Waals surface area contributed by atoms with Gasteiger partial charge in [-0.15, -0.1) is 0 Å². The summed E-state index contributed by atoms with van der Waals surface area (Å²) in [5.41, 5.74) is 0.455. The number of carbonyl (C=O) groups is 1. The van der Waals surface area contributed by atoms with E-state index in [1.165, 1.54) is 13.2 Å². The van der Waals surface area contributed by atoms with Gasteiger partial charge in [0.15, 0.2) is 11.5 Å². The van der Waals surface area contributed by atoms with Crippen molar-refractivity contribution in [3.8, 4) is 17.5 Å². The zero-order valence-electron chi connectivity index (χ0n) is 9.63. The maximum absolute atomic E-state index is 10.7. The fourth-order valence-corrected chi connectivity index (χ4v) is 1.64. The highest BCUT2D eigenvalue weighted by Crippen LogP contribution is 2.31. The Balaban J connectivity index is 2.34. The molecule has 0 unspecified atom stereocenters. The van der Waals surface area contributed by atoms with Crippen LogP contribution in [0.5, 0.6) is 17.5 Å². The van der Waals surface area contributed by atoms with Crippen LogP contribution in [0, 0.1) is 0 Å². The zero-order chi connectivity index (χ0) is 13.8. The van der Waals surface area contributed by atoms with E-state index in [0.29, 0.717) is 23.3 Å². The third-order valence-electron chi connectivity index (χ3n) is 2.09. The van der Waals surface area contributed by atoms with Gasteiger partial charge in [0.25, 0.3) is 0 Å². The van der Waals surface area contributed by atoms with Crippen LogP contribution in [-0.2, 0) is 0 Å². The van der Waals surface area contributed by atoms with Crippen molar-refractivity contribution < 1.29 is 14.3 Å². The van der Waals surface area contributed by atoms with Crippen LogP contribution in [0.25, 0.3) is 0 Å². The van der Waals surface area contributed by atoms with Gasteiger partial charge < -0.3 is 9.47 Å². The number of aldehydes is 1. The van der Waals surface area contributed by atoms with Gasteiger partial charge in [0, 0.05) is 5.56 Å². The average Bonchev–Trinajstić information content (AvgIpc) is 2.38. The van der Waals surface area contributed by atoms with Crippen LogP contribution >= 0.6 is 23.2 Å². The molecule has 0 aliphatic rings. The highest BCUT2D eigenvalue weighted by atomic mass is 35.5. The fraction of sp³-hybridized carbons (Fsp3) is 0.0909. The molecule has 0 atom stereocenters. The van der Waals surface area contributed by atoms with Crippen molar-refractivity contribution in [1.82, 2.24) is 15.0 Å². The summed E-state index contributed by atoms with van der Waals surface area (Å²) >= 11 is 11.3. The molecule has 0 saturated carbocycles. The van der Waals surface area contributed by atoms with Gasteiger partial charge in [-0.25, -0.2) is 0 Å². The lowest BCUT2D eigenvalue weighted by Crippen LogP contribution is -1.97. The van der Waals surface area contributed by atoms with Crippen LogP contribution in [0.2, 0.25) is 10.6 Å². The van der Waals surface area contributed by atoms with E-state index in [-0.39, 0.29) is 16.6 Å². The largest absolute Gasteiger partial charge is 0.493 e. The highest BCUT2D eigenvalue weighted by Gasteiger charge is 2.10. The van der Waals surface area contributed by atoms with E-state index in [1.807, 2.05) is 0 Å². The molecule has 0 N–H and O–H groups in total. The first-order valence-corrected chi connectivity index (χ1v) is 5.76. The van der Waals surface area contributed by atoms with Crippen molar-refractivity contribution in [2.24, 2.45) is 0 Å². The van der Waals surface area contributed by atoms with E-state index >= 15 is 0 Å². The van der Waals surface area contributed by atoms with Gasteiger partial charge in [-0.2, -0.15) is 15.0 Å². The summed E-state index contributed by atoms with van der Waals surface area (Å²) in [6.07, 6.45) is 0.697. The van der Waals surface area contributed by atoms with E-state index < -0.39 is 0 Å². The summed E-state index contributed by atoms with van der Waals surface area (Å²) in [4.78, 5) is 21.8. The first-order valence-electron chi connectivity index (χ1n) is 5.00. The Bertz CT molecular complexity index is 602. The number of benzene rings is 1. The van der Waals surface area contributed by atoms with E-state index in [9.17, 15) is 4.79 Å². The maximum atomic E-state index is 10.7. The van der Waals surface area contributed by atoms with Crippen molar-refractivity contribution in [1.29, 1.82) is 0 Å². The van der Waals surface area contributed by atoms with Crippen molar-refractivity contribution in [3.05, 3.63) is 34.3 Å². The number of halogens is 2. The summed E-state index contributed by atoms with van der Waals surface area (Å²) in [6.45, 7) is 0. The molecule has 0 saturated heterocycles. The molecule has 2 rings (SSSR count). The predicted molar refractivity (Wildman–Crippen MR) is 68.3 cm³/mol. The van der Waals surface area contributed by atoms with Crippen molar-refractivity contribution in [2.45, 2.75) is 0 Å². The van der Waals surface area contributed by atoms with Crippen LogP contribution in [0.3, 0.4) is 0 Å². The van der Waals surface area contributed by atoms with E-state index in [2.05, 4.69) is 15.0 Å². The topological polar surface area (TPSA) is 74.2 Å². The third kappa shape index (κ3) is 3.30. The fourth-order valence-electron chi connectivity index (χ4n) is 1.29. The van der Waals surface area contributed by atoms with E-state index in [4.69, 9.17) is 32.7 Å². The maximum Gasteiger partial charge on any atom is 0.327 e. The molecular weight excluding hydrogens is 293 g/mol. The Labute approximate surface area is 118 Å². The van der Waals surface area contributed by atoms with Gasteiger partial charge >= 0.3 is 6.01 Å². The lowest BCUT2D eigenvalue weighted by molar-refractivity contribution is 0.112.